The molecule has 1 N–H and O–H groups in total. The molecular weight excluding hydrogens is 330 g/mol. The molecule has 1 aromatic carbocycles. The third-order valence-electron chi connectivity index (χ3n) is 4.75. The first kappa shape index (κ1) is 18.9. The topological polar surface area (TPSA) is 81.8 Å². The highest BCUT2D eigenvalue weighted by atomic mass is 32.2. The van der Waals surface area contributed by atoms with E-state index in [0.717, 1.165) is 31.4 Å². The van der Waals surface area contributed by atoms with Crippen LogP contribution in [0.3, 0.4) is 0 Å². The minimum absolute atomic E-state index is 0.145. The first-order chi connectivity index (χ1) is 11.5. The Labute approximate surface area is 146 Å². The van der Waals surface area contributed by atoms with Crippen LogP contribution in [-0.4, -0.2) is 33.7 Å². The van der Waals surface area contributed by atoms with Crippen LogP contribution >= 0.6 is 12.0 Å². The van der Waals surface area contributed by atoms with Crippen molar-refractivity contribution < 1.29 is 29.1 Å². The summed E-state index contributed by atoms with van der Waals surface area (Å²) in [6.07, 6.45) is 2.48. The number of para-hydroxylation sites is 1. The lowest BCUT2D eigenvalue weighted by Crippen LogP contribution is -2.30. The Kier molecular flexibility index (Phi) is 6.79. The van der Waals surface area contributed by atoms with Crippen LogP contribution < -0.4 is 5.26 Å². The largest absolute Gasteiger partial charge is 0.691 e. The molecule has 1 aliphatic heterocycles. The fraction of sp³-hybridized carbons (Fsp3) is 0.529. The predicted molar refractivity (Wildman–Crippen MR) is 90.0 cm³/mol. The van der Waals surface area contributed by atoms with Crippen molar-refractivity contribution >= 4 is 29.4 Å². The lowest BCUT2D eigenvalue weighted by Gasteiger charge is -2.21. The highest BCUT2D eigenvalue weighted by molar-refractivity contribution is 7.94. The maximum atomic E-state index is 10.8. The molecule has 0 aromatic heterocycles. The van der Waals surface area contributed by atoms with Gasteiger partial charge >= 0.3 is 5.97 Å². The molecule has 132 valence electrons. The Morgan fingerprint density at radius 1 is 1.38 bits per heavy atom. The second-order valence-electron chi connectivity index (χ2n) is 6.15. The molecule has 0 bridgehead atoms. The van der Waals surface area contributed by atoms with Crippen LogP contribution in [0.4, 0.5) is 5.69 Å². The number of fused-ring (bicyclic) bond motifs is 1. The molecule has 1 unspecified atom stereocenters. The van der Waals surface area contributed by atoms with Gasteiger partial charge in [-0.1, -0.05) is 18.2 Å². The first-order valence-electron chi connectivity index (χ1n) is 8.01. The summed E-state index contributed by atoms with van der Waals surface area (Å²) in [7, 11) is 0. The van der Waals surface area contributed by atoms with Crippen LogP contribution in [0.15, 0.2) is 24.3 Å². The number of hydrogen-bond acceptors (Lipinski definition) is 5. The van der Waals surface area contributed by atoms with E-state index in [9.17, 15) is 10.1 Å². The van der Waals surface area contributed by atoms with Crippen molar-refractivity contribution in [3.63, 3.8) is 0 Å². The van der Waals surface area contributed by atoms with Gasteiger partial charge in [0, 0.05) is 49.2 Å². The lowest BCUT2D eigenvalue weighted by molar-refractivity contribution is -0.777. The van der Waals surface area contributed by atoms with E-state index in [0.29, 0.717) is 12.2 Å². The van der Waals surface area contributed by atoms with Crippen molar-refractivity contribution in [3.8, 4) is 0 Å². The van der Waals surface area contributed by atoms with E-state index in [4.69, 9.17) is 5.11 Å². The SMILES string of the molecule is CC1=[N+](CCCSOO[O-])c2ccccc2C1(C)CCCC(=O)O. The van der Waals surface area contributed by atoms with Crippen LogP contribution in [0.1, 0.15) is 45.1 Å². The van der Waals surface area contributed by atoms with E-state index >= 15 is 0 Å². The van der Waals surface area contributed by atoms with E-state index in [-0.39, 0.29) is 11.8 Å². The molecule has 0 aliphatic carbocycles. The first-order valence-corrected chi connectivity index (χ1v) is 8.92. The average Bonchev–Trinajstić information content (AvgIpc) is 2.77. The van der Waals surface area contributed by atoms with Crippen LogP contribution in [0.5, 0.6) is 0 Å². The van der Waals surface area contributed by atoms with Crippen molar-refractivity contribution in [2.45, 2.75) is 44.9 Å². The van der Waals surface area contributed by atoms with Gasteiger partial charge in [-0.3, -0.25) is 9.83 Å². The van der Waals surface area contributed by atoms with Crippen LogP contribution in [0.25, 0.3) is 0 Å². The molecule has 1 aromatic rings. The zero-order valence-corrected chi connectivity index (χ0v) is 14.8. The molecule has 0 saturated carbocycles. The highest BCUT2D eigenvalue weighted by Gasteiger charge is 2.45. The van der Waals surface area contributed by atoms with Crippen molar-refractivity contribution in [2.24, 2.45) is 0 Å². The van der Waals surface area contributed by atoms with Crippen molar-refractivity contribution in [3.05, 3.63) is 29.8 Å². The van der Waals surface area contributed by atoms with Gasteiger partial charge in [0.25, 0.3) is 0 Å². The fourth-order valence-corrected chi connectivity index (χ4v) is 3.74. The standard InChI is InChI=1S/C17H23NO5S/c1-13-17(2,10-5-9-16(19)20)14-7-3-4-8-15(14)18(13)11-6-12-24-23-22-21/h3-4,7-8H,5-6,9-12H2,1-2H3,(H-,19,20,21). The van der Waals surface area contributed by atoms with Gasteiger partial charge in [0.15, 0.2) is 5.71 Å². The molecule has 0 fully saturated rings. The average molecular weight is 353 g/mol. The van der Waals surface area contributed by atoms with Gasteiger partial charge in [-0.2, -0.15) is 8.91 Å². The van der Waals surface area contributed by atoms with Gasteiger partial charge in [0.1, 0.15) is 6.54 Å². The lowest BCUT2D eigenvalue weighted by atomic mass is 9.76. The van der Waals surface area contributed by atoms with Gasteiger partial charge in [0.2, 0.25) is 5.69 Å². The number of carboxylic acids is 1. The number of rotatable bonds is 10. The molecule has 0 saturated heterocycles. The normalized spacial score (nSPS) is 19.6. The Balaban J connectivity index is 2.14. The summed E-state index contributed by atoms with van der Waals surface area (Å²) in [6.45, 7) is 5.11. The number of hydrogen-bond donors (Lipinski definition) is 1. The number of aliphatic carboxylic acids is 1. The summed E-state index contributed by atoms with van der Waals surface area (Å²) >= 11 is 1.00. The van der Waals surface area contributed by atoms with Gasteiger partial charge in [0.05, 0.1) is 5.41 Å². The molecule has 6 nitrogen and oxygen atoms in total. The van der Waals surface area contributed by atoms with Gasteiger partial charge in [-0.05, 0) is 19.8 Å². The molecule has 7 heteroatoms. The van der Waals surface area contributed by atoms with Crippen LogP contribution in [-0.2, 0) is 19.6 Å². The van der Waals surface area contributed by atoms with Gasteiger partial charge in [-0.25, -0.2) is 0 Å². The maximum absolute atomic E-state index is 10.8. The zero-order chi connectivity index (χ0) is 17.6. The number of nitrogens with zero attached hydrogens (tertiary/aromatic N) is 1. The number of carboxylic acid groups (broad SMARTS) is 1. The third-order valence-corrected chi connectivity index (χ3v) is 5.35. The monoisotopic (exact) mass is 353 g/mol. The summed E-state index contributed by atoms with van der Waals surface area (Å²) in [4.78, 5) is 10.8. The Hall–Kier alpha value is -1.41. The summed E-state index contributed by atoms with van der Waals surface area (Å²) in [5.41, 5.74) is 3.52. The van der Waals surface area contributed by atoms with E-state index in [1.54, 1.807) is 0 Å². The van der Waals surface area contributed by atoms with Crippen molar-refractivity contribution in [1.29, 1.82) is 0 Å². The molecular formula is C17H23NO5S. The number of benzene rings is 1. The Bertz CT molecular complexity index is 619. The molecule has 1 heterocycles. The zero-order valence-electron chi connectivity index (χ0n) is 14.0. The van der Waals surface area contributed by atoms with Crippen LogP contribution in [0.2, 0.25) is 0 Å². The second-order valence-corrected chi connectivity index (χ2v) is 6.93. The number of carbonyl (C=O) groups is 1. The van der Waals surface area contributed by atoms with E-state index in [1.807, 2.05) is 12.1 Å². The summed E-state index contributed by atoms with van der Waals surface area (Å²) < 4.78 is 6.58. The fourth-order valence-electron chi connectivity index (χ4n) is 3.38. The second kappa shape index (κ2) is 8.62. The van der Waals surface area contributed by atoms with Crippen molar-refractivity contribution in [2.75, 3.05) is 12.3 Å². The summed E-state index contributed by atoms with van der Waals surface area (Å²) in [5.74, 6) is -0.0961. The molecule has 1 atom stereocenters. The molecule has 2 rings (SSSR count). The third kappa shape index (κ3) is 4.16. The Morgan fingerprint density at radius 3 is 2.83 bits per heavy atom. The minimum atomic E-state index is -0.753. The summed E-state index contributed by atoms with van der Waals surface area (Å²) in [5, 5.41) is 22.0. The molecule has 0 spiro atoms. The Morgan fingerprint density at radius 2 is 2.12 bits per heavy atom. The van der Waals surface area contributed by atoms with Gasteiger partial charge < -0.3 is 10.4 Å². The molecule has 0 amide bonds. The predicted octanol–water partition coefficient (Wildman–Crippen LogP) is 2.58. The van der Waals surface area contributed by atoms with E-state index in [1.165, 1.54) is 17.0 Å². The van der Waals surface area contributed by atoms with Crippen molar-refractivity contribution in [1.82, 2.24) is 0 Å². The molecule has 1 aliphatic rings. The van der Waals surface area contributed by atoms with E-state index < -0.39 is 5.97 Å². The van der Waals surface area contributed by atoms with Gasteiger partial charge in [-0.15, -0.1) is 0 Å². The summed E-state index contributed by atoms with van der Waals surface area (Å²) in [6, 6.07) is 8.28. The quantitative estimate of drug-likeness (QED) is 0.229. The highest BCUT2D eigenvalue weighted by Crippen LogP contribution is 2.42. The van der Waals surface area contributed by atoms with Crippen LogP contribution in [0, 0.1) is 0 Å². The smallest absolute Gasteiger partial charge is 0.303 e. The molecule has 0 radical (unpaired) electrons. The van der Waals surface area contributed by atoms with E-state index in [2.05, 4.69) is 39.9 Å². The minimum Gasteiger partial charge on any atom is -0.691 e. The maximum Gasteiger partial charge on any atom is 0.303 e. The molecule has 24 heavy (non-hydrogen) atoms.